The third-order valence-electron chi connectivity index (χ3n) is 3.89. The van der Waals surface area contributed by atoms with Crippen LogP contribution in [0.2, 0.25) is 5.02 Å². The van der Waals surface area contributed by atoms with Gasteiger partial charge in [-0.3, -0.25) is 0 Å². The first kappa shape index (κ1) is 17.7. The molecule has 0 amide bonds. The predicted molar refractivity (Wildman–Crippen MR) is 89.7 cm³/mol. The summed E-state index contributed by atoms with van der Waals surface area (Å²) in [5.41, 5.74) is 0. The van der Waals surface area contributed by atoms with Crippen molar-refractivity contribution in [3.63, 3.8) is 0 Å². The minimum Gasteiger partial charge on any atom is -0.304 e. The van der Waals surface area contributed by atoms with Crippen LogP contribution in [0.3, 0.4) is 0 Å². The van der Waals surface area contributed by atoms with Crippen LogP contribution in [-0.2, 0) is 10.0 Å². The van der Waals surface area contributed by atoms with Gasteiger partial charge in [0.1, 0.15) is 0 Å². The van der Waals surface area contributed by atoms with Crippen LogP contribution >= 0.6 is 11.6 Å². The Kier molecular flexibility index (Phi) is 6.23. The van der Waals surface area contributed by atoms with E-state index in [4.69, 9.17) is 11.6 Å². The maximum absolute atomic E-state index is 12.2. The van der Waals surface area contributed by atoms with E-state index < -0.39 is 10.0 Å². The Hall–Kier alpha value is -0.660. The monoisotopic (exact) mass is 345 g/mol. The molecule has 0 aromatic heterocycles. The zero-order chi connectivity index (χ0) is 16.2. The lowest BCUT2D eigenvalue weighted by Gasteiger charge is -2.33. The Morgan fingerprint density at radius 1 is 1.27 bits per heavy atom. The Bertz CT molecular complexity index is 586. The molecule has 1 aliphatic heterocycles. The summed E-state index contributed by atoms with van der Waals surface area (Å²) < 4.78 is 27.1. The first-order valence-corrected chi connectivity index (χ1v) is 9.39. The Morgan fingerprint density at radius 2 is 1.95 bits per heavy atom. The quantitative estimate of drug-likeness (QED) is 0.849. The second kappa shape index (κ2) is 7.75. The van der Waals surface area contributed by atoms with Gasteiger partial charge >= 0.3 is 0 Å². The van der Waals surface area contributed by atoms with E-state index in [2.05, 4.69) is 28.5 Å². The number of halogens is 1. The third-order valence-corrected chi connectivity index (χ3v) is 5.55. The number of rotatable bonds is 6. The fourth-order valence-electron chi connectivity index (χ4n) is 2.51. The average molecular weight is 346 g/mol. The number of sulfonamides is 1. The topological polar surface area (TPSA) is 52.7 Å². The Balaban J connectivity index is 1.83. The van der Waals surface area contributed by atoms with Crippen molar-refractivity contribution in [2.45, 2.75) is 11.8 Å². The maximum atomic E-state index is 12.2. The lowest BCUT2D eigenvalue weighted by molar-refractivity contribution is 0.139. The van der Waals surface area contributed by atoms with Gasteiger partial charge in [0, 0.05) is 44.3 Å². The first-order valence-electron chi connectivity index (χ1n) is 7.53. The van der Waals surface area contributed by atoms with Gasteiger partial charge in [-0.2, -0.15) is 0 Å². The molecule has 1 atom stereocenters. The number of hydrogen-bond acceptors (Lipinski definition) is 4. The highest BCUT2D eigenvalue weighted by Gasteiger charge is 2.19. The van der Waals surface area contributed by atoms with Crippen LogP contribution in [0.4, 0.5) is 0 Å². The first-order chi connectivity index (χ1) is 10.4. The molecule has 0 aliphatic carbocycles. The molecule has 0 radical (unpaired) electrons. The van der Waals surface area contributed by atoms with Gasteiger partial charge in [0.2, 0.25) is 10.0 Å². The van der Waals surface area contributed by atoms with Crippen LogP contribution in [0.1, 0.15) is 6.92 Å². The zero-order valence-corrected chi connectivity index (χ0v) is 14.7. The Labute approximate surface area is 138 Å². The lowest BCUT2D eigenvalue weighted by Crippen LogP contribution is -2.46. The summed E-state index contributed by atoms with van der Waals surface area (Å²) in [7, 11) is -1.36. The fraction of sp³-hybridized carbons (Fsp3) is 0.600. The van der Waals surface area contributed by atoms with E-state index in [1.807, 2.05) is 0 Å². The van der Waals surface area contributed by atoms with Crippen LogP contribution in [0.5, 0.6) is 0 Å². The van der Waals surface area contributed by atoms with Gasteiger partial charge in [0.15, 0.2) is 0 Å². The standard InChI is InChI=1S/C15H24ClN3O2S/c1-13(12-19-8-6-18(2)7-9-19)11-17-22(20,21)15-5-3-4-14(16)10-15/h3-5,10,13,17H,6-9,11-12H2,1-2H3/t13-/m0/s1. The van der Waals surface area contributed by atoms with Crippen molar-refractivity contribution in [1.29, 1.82) is 0 Å². The van der Waals surface area contributed by atoms with Crippen LogP contribution in [0.15, 0.2) is 29.2 Å². The molecular formula is C15H24ClN3O2S. The molecule has 1 aliphatic rings. The molecule has 5 nitrogen and oxygen atoms in total. The highest BCUT2D eigenvalue weighted by atomic mass is 35.5. The van der Waals surface area contributed by atoms with Crippen LogP contribution in [0, 0.1) is 5.92 Å². The maximum Gasteiger partial charge on any atom is 0.240 e. The van der Waals surface area contributed by atoms with Gasteiger partial charge in [-0.05, 0) is 31.2 Å². The van der Waals surface area contributed by atoms with E-state index in [1.54, 1.807) is 18.2 Å². The number of likely N-dealkylation sites (N-methyl/N-ethyl adjacent to an activating group) is 1. The number of hydrogen-bond donors (Lipinski definition) is 1. The number of piperazine rings is 1. The van der Waals surface area contributed by atoms with E-state index in [1.165, 1.54) is 6.07 Å². The largest absolute Gasteiger partial charge is 0.304 e. The fourth-order valence-corrected chi connectivity index (χ4v) is 3.97. The van der Waals surface area contributed by atoms with E-state index in [-0.39, 0.29) is 10.8 Å². The number of benzene rings is 1. The van der Waals surface area contributed by atoms with Crippen molar-refractivity contribution in [2.24, 2.45) is 5.92 Å². The summed E-state index contributed by atoms with van der Waals surface area (Å²) in [4.78, 5) is 4.91. The number of nitrogens with zero attached hydrogens (tertiary/aromatic N) is 2. The molecule has 0 bridgehead atoms. The highest BCUT2D eigenvalue weighted by Crippen LogP contribution is 2.15. The molecule has 0 spiro atoms. The minimum absolute atomic E-state index is 0.215. The molecular weight excluding hydrogens is 322 g/mol. The molecule has 124 valence electrons. The Morgan fingerprint density at radius 3 is 2.59 bits per heavy atom. The summed E-state index contributed by atoms with van der Waals surface area (Å²) in [6.45, 7) is 7.64. The molecule has 22 heavy (non-hydrogen) atoms. The summed E-state index contributed by atoms with van der Waals surface area (Å²) >= 11 is 5.85. The van der Waals surface area contributed by atoms with Crippen molar-refractivity contribution in [1.82, 2.24) is 14.5 Å². The molecule has 7 heteroatoms. The predicted octanol–water partition coefficient (Wildman–Crippen LogP) is 1.50. The van der Waals surface area contributed by atoms with Crippen LogP contribution in [0.25, 0.3) is 0 Å². The molecule has 1 aromatic carbocycles. The van der Waals surface area contributed by atoms with Crippen LogP contribution in [-0.4, -0.2) is 64.5 Å². The van der Waals surface area contributed by atoms with Crippen molar-refractivity contribution < 1.29 is 8.42 Å². The van der Waals surface area contributed by atoms with Gasteiger partial charge in [0.05, 0.1) is 4.90 Å². The zero-order valence-electron chi connectivity index (χ0n) is 13.1. The minimum atomic E-state index is -3.49. The molecule has 2 rings (SSSR count). The molecule has 0 saturated carbocycles. The summed E-state index contributed by atoms with van der Waals surface area (Å²) in [5, 5.41) is 0.424. The van der Waals surface area contributed by atoms with Gasteiger partial charge in [-0.1, -0.05) is 24.6 Å². The normalized spacial score (nSPS) is 19.2. The van der Waals surface area contributed by atoms with Crippen molar-refractivity contribution in [3.05, 3.63) is 29.3 Å². The summed E-state index contributed by atoms with van der Waals surface area (Å²) in [5.74, 6) is 0.261. The second-order valence-electron chi connectivity index (χ2n) is 6.02. The van der Waals surface area contributed by atoms with Gasteiger partial charge in [-0.15, -0.1) is 0 Å². The smallest absolute Gasteiger partial charge is 0.240 e. The van der Waals surface area contributed by atoms with Crippen LogP contribution < -0.4 is 4.72 Å². The molecule has 1 N–H and O–H groups in total. The van der Waals surface area contributed by atoms with E-state index in [0.29, 0.717) is 11.6 Å². The van der Waals surface area contributed by atoms with Crippen molar-refractivity contribution >= 4 is 21.6 Å². The number of nitrogens with one attached hydrogen (secondary N) is 1. The summed E-state index contributed by atoms with van der Waals surface area (Å²) in [6, 6.07) is 6.33. The molecule has 0 unspecified atom stereocenters. The van der Waals surface area contributed by atoms with E-state index >= 15 is 0 Å². The van der Waals surface area contributed by atoms with Gasteiger partial charge < -0.3 is 9.80 Å². The molecule has 1 aromatic rings. The lowest BCUT2D eigenvalue weighted by atomic mass is 10.1. The SMILES string of the molecule is C[C@@H](CNS(=O)(=O)c1cccc(Cl)c1)CN1CCN(C)CC1. The second-order valence-corrected chi connectivity index (χ2v) is 8.22. The van der Waals surface area contributed by atoms with Crippen molar-refractivity contribution in [2.75, 3.05) is 46.3 Å². The van der Waals surface area contributed by atoms with Crippen molar-refractivity contribution in [3.8, 4) is 0 Å². The average Bonchev–Trinajstić information content (AvgIpc) is 2.48. The van der Waals surface area contributed by atoms with Gasteiger partial charge in [0.25, 0.3) is 0 Å². The molecule has 1 heterocycles. The van der Waals surface area contributed by atoms with E-state index in [0.717, 1.165) is 32.7 Å². The molecule has 1 fully saturated rings. The van der Waals surface area contributed by atoms with Gasteiger partial charge in [-0.25, -0.2) is 13.1 Å². The summed E-state index contributed by atoms with van der Waals surface area (Å²) in [6.07, 6.45) is 0. The highest BCUT2D eigenvalue weighted by molar-refractivity contribution is 7.89. The molecule has 1 saturated heterocycles. The third kappa shape index (κ3) is 5.21. The van der Waals surface area contributed by atoms with E-state index in [9.17, 15) is 8.42 Å².